The first-order valence-corrected chi connectivity index (χ1v) is 12.9. The lowest BCUT2D eigenvalue weighted by atomic mass is 9.46. The molecule has 0 aromatic heterocycles. The highest BCUT2D eigenvalue weighted by Crippen LogP contribution is 2.67. The van der Waals surface area contributed by atoms with Crippen molar-refractivity contribution < 1.29 is 15.3 Å². The molecule has 0 aromatic carbocycles. The summed E-state index contributed by atoms with van der Waals surface area (Å²) in [6.07, 6.45) is 9.18. The lowest BCUT2D eigenvalue weighted by molar-refractivity contribution is -0.0854. The van der Waals surface area contributed by atoms with Crippen molar-refractivity contribution >= 4 is 0 Å². The smallest absolute Gasteiger partial charge is 0.101 e. The van der Waals surface area contributed by atoms with Gasteiger partial charge >= 0.3 is 0 Å². The predicted molar refractivity (Wildman–Crippen MR) is 126 cm³/mol. The topological polar surface area (TPSA) is 60.7 Å². The Bertz CT molecular complexity index is 726. The van der Waals surface area contributed by atoms with Crippen LogP contribution in [0.4, 0.5) is 0 Å². The van der Waals surface area contributed by atoms with Crippen LogP contribution in [-0.4, -0.2) is 33.6 Å². The number of allylic oxidation sites excluding steroid dienone is 1. The van der Waals surface area contributed by atoms with E-state index >= 15 is 0 Å². The Labute approximate surface area is 190 Å². The van der Waals surface area contributed by atoms with Gasteiger partial charge in [-0.25, -0.2) is 0 Å². The van der Waals surface area contributed by atoms with Crippen molar-refractivity contribution in [1.29, 1.82) is 0 Å². The zero-order chi connectivity index (χ0) is 22.7. The van der Waals surface area contributed by atoms with Crippen molar-refractivity contribution in [3.8, 4) is 0 Å². The Kier molecular flexibility index (Phi) is 6.29. The van der Waals surface area contributed by atoms with Crippen LogP contribution in [0, 0.1) is 46.3 Å². The molecule has 31 heavy (non-hydrogen) atoms. The standard InChI is InChI=1S/C28H46O3/c1-16(2)17(3)15-25(30)18(4)20-9-10-21-19-7-8-23-26(31)24(29)12-14-28(23,6)22(19)11-13-27(20,21)5/h8,16,18-22,24-26,29-31H,3,7,9-15H2,1-2,4-6H3/t18-,19-,20+,21-,22-,24-,25+,26+,27+,28+/m0/s1. The van der Waals surface area contributed by atoms with Gasteiger partial charge in [-0.1, -0.05) is 52.8 Å². The number of fused-ring (bicyclic) bond motifs is 5. The van der Waals surface area contributed by atoms with E-state index in [1.807, 2.05) is 0 Å². The molecule has 4 rings (SSSR count). The average Bonchev–Trinajstić information content (AvgIpc) is 3.07. The molecule has 0 radical (unpaired) electrons. The molecule has 3 nitrogen and oxygen atoms in total. The molecule has 0 heterocycles. The van der Waals surface area contributed by atoms with E-state index < -0.39 is 12.2 Å². The zero-order valence-electron chi connectivity index (χ0n) is 20.5. The van der Waals surface area contributed by atoms with E-state index in [9.17, 15) is 15.3 Å². The van der Waals surface area contributed by atoms with Crippen LogP contribution in [0.5, 0.6) is 0 Å². The SMILES string of the molecule is C=C(C[C@@H](O)[C@@H](C)[C@H]1CC[C@H]2[C@@H]3CC=C4[C@@H](O)[C@@H](O)CC[C@]4(C)[C@H]3CC[C@]12C)C(C)C. The van der Waals surface area contributed by atoms with Crippen molar-refractivity contribution in [3.05, 3.63) is 23.8 Å². The predicted octanol–water partition coefficient (Wildman–Crippen LogP) is 5.50. The number of rotatable bonds is 5. The fourth-order valence-electron chi connectivity index (χ4n) is 8.58. The third-order valence-electron chi connectivity index (χ3n) is 10.8. The molecule has 0 amide bonds. The van der Waals surface area contributed by atoms with Gasteiger partial charge in [0.25, 0.3) is 0 Å². The number of aliphatic hydroxyl groups excluding tert-OH is 3. The first-order valence-electron chi connectivity index (χ1n) is 12.9. The highest BCUT2D eigenvalue weighted by molar-refractivity contribution is 5.29. The van der Waals surface area contributed by atoms with Gasteiger partial charge in [-0.2, -0.15) is 0 Å². The van der Waals surface area contributed by atoms with Crippen molar-refractivity contribution in [2.75, 3.05) is 0 Å². The summed E-state index contributed by atoms with van der Waals surface area (Å²) < 4.78 is 0. The Morgan fingerprint density at radius 3 is 2.45 bits per heavy atom. The van der Waals surface area contributed by atoms with Crippen LogP contribution in [-0.2, 0) is 0 Å². The summed E-state index contributed by atoms with van der Waals surface area (Å²) in [7, 11) is 0. The van der Waals surface area contributed by atoms with Crippen molar-refractivity contribution in [1.82, 2.24) is 0 Å². The van der Waals surface area contributed by atoms with Gasteiger partial charge in [0, 0.05) is 0 Å². The van der Waals surface area contributed by atoms with E-state index in [2.05, 4.69) is 47.3 Å². The molecule has 0 aromatic rings. The monoisotopic (exact) mass is 430 g/mol. The van der Waals surface area contributed by atoms with Crippen LogP contribution in [0.1, 0.15) is 86.0 Å². The van der Waals surface area contributed by atoms with Gasteiger partial charge in [0.1, 0.15) is 6.10 Å². The molecule has 4 aliphatic carbocycles. The number of hydrogen-bond donors (Lipinski definition) is 3. The van der Waals surface area contributed by atoms with Crippen LogP contribution >= 0.6 is 0 Å². The molecule has 10 atom stereocenters. The van der Waals surface area contributed by atoms with Gasteiger partial charge in [0.2, 0.25) is 0 Å². The summed E-state index contributed by atoms with van der Waals surface area (Å²) in [5.74, 6) is 3.31. The van der Waals surface area contributed by atoms with Gasteiger partial charge < -0.3 is 15.3 Å². The van der Waals surface area contributed by atoms with E-state index in [1.54, 1.807) is 0 Å². The summed E-state index contributed by atoms with van der Waals surface area (Å²) in [5.41, 5.74) is 2.64. The molecule has 3 heteroatoms. The van der Waals surface area contributed by atoms with Gasteiger partial charge in [0.05, 0.1) is 12.2 Å². The fraction of sp³-hybridized carbons (Fsp3) is 0.857. The van der Waals surface area contributed by atoms with Gasteiger partial charge in [-0.05, 0) is 103 Å². The molecule has 3 saturated carbocycles. The Morgan fingerprint density at radius 2 is 1.77 bits per heavy atom. The van der Waals surface area contributed by atoms with Gasteiger partial charge in [0.15, 0.2) is 0 Å². The molecule has 3 fully saturated rings. The number of hydrogen-bond acceptors (Lipinski definition) is 3. The van der Waals surface area contributed by atoms with Gasteiger partial charge in [-0.15, -0.1) is 0 Å². The molecule has 0 spiro atoms. The minimum atomic E-state index is -0.673. The largest absolute Gasteiger partial charge is 0.393 e. The highest BCUT2D eigenvalue weighted by atomic mass is 16.3. The van der Waals surface area contributed by atoms with Crippen molar-refractivity contribution in [2.24, 2.45) is 46.3 Å². The van der Waals surface area contributed by atoms with Crippen LogP contribution < -0.4 is 0 Å². The summed E-state index contributed by atoms with van der Waals surface area (Å²) in [6, 6.07) is 0. The van der Waals surface area contributed by atoms with Crippen molar-refractivity contribution in [2.45, 2.75) is 104 Å². The summed E-state index contributed by atoms with van der Waals surface area (Å²) in [4.78, 5) is 0. The average molecular weight is 431 g/mol. The zero-order valence-corrected chi connectivity index (χ0v) is 20.5. The molecule has 4 aliphatic rings. The lowest BCUT2D eigenvalue weighted by Crippen LogP contribution is -2.54. The lowest BCUT2D eigenvalue weighted by Gasteiger charge is -2.59. The Balaban J connectivity index is 1.54. The maximum absolute atomic E-state index is 11.1. The number of aliphatic hydroxyl groups is 3. The van der Waals surface area contributed by atoms with E-state index in [0.717, 1.165) is 24.8 Å². The van der Waals surface area contributed by atoms with Crippen LogP contribution in [0.2, 0.25) is 0 Å². The molecular weight excluding hydrogens is 384 g/mol. The Morgan fingerprint density at radius 1 is 1.06 bits per heavy atom. The van der Waals surface area contributed by atoms with E-state index in [1.165, 1.54) is 31.3 Å². The fourth-order valence-corrected chi connectivity index (χ4v) is 8.58. The second-order valence-corrected chi connectivity index (χ2v) is 12.4. The minimum Gasteiger partial charge on any atom is -0.393 e. The van der Waals surface area contributed by atoms with E-state index in [0.29, 0.717) is 47.3 Å². The van der Waals surface area contributed by atoms with Crippen LogP contribution in [0.15, 0.2) is 23.8 Å². The van der Waals surface area contributed by atoms with Crippen LogP contribution in [0.3, 0.4) is 0 Å². The third kappa shape index (κ3) is 3.67. The first-order chi connectivity index (χ1) is 14.5. The van der Waals surface area contributed by atoms with Crippen molar-refractivity contribution in [3.63, 3.8) is 0 Å². The van der Waals surface area contributed by atoms with E-state index in [-0.39, 0.29) is 11.5 Å². The molecular formula is C28H46O3. The second kappa shape index (κ2) is 8.29. The molecule has 3 N–H and O–H groups in total. The molecule has 0 unspecified atom stereocenters. The maximum Gasteiger partial charge on any atom is 0.101 e. The van der Waals surface area contributed by atoms with E-state index in [4.69, 9.17) is 0 Å². The summed E-state index contributed by atoms with van der Waals surface area (Å²) >= 11 is 0. The van der Waals surface area contributed by atoms with Crippen LogP contribution in [0.25, 0.3) is 0 Å². The molecule has 0 aliphatic heterocycles. The second-order valence-electron chi connectivity index (χ2n) is 12.4. The summed E-state index contributed by atoms with van der Waals surface area (Å²) in [5, 5.41) is 32.0. The quantitative estimate of drug-likeness (QED) is 0.505. The van der Waals surface area contributed by atoms with Gasteiger partial charge in [-0.3, -0.25) is 0 Å². The minimum absolute atomic E-state index is 0.0428. The molecule has 0 bridgehead atoms. The third-order valence-corrected chi connectivity index (χ3v) is 10.8. The highest BCUT2D eigenvalue weighted by Gasteiger charge is 2.60. The Hall–Kier alpha value is -0.640. The maximum atomic E-state index is 11.1. The molecule has 176 valence electrons. The summed E-state index contributed by atoms with van der Waals surface area (Å²) in [6.45, 7) is 15.7. The first kappa shape index (κ1) is 23.5. The molecule has 0 saturated heterocycles. The normalized spacial score (nSPS) is 46.5.